The predicted octanol–water partition coefficient (Wildman–Crippen LogP) is 3.71. The van der Waals surface area contributed by atoms with Crippen LogP contribution in [-0.2, 0) is 55.8 Å². The van der Waals surface area contributed by atoms with Crippen molar-refractivity contribution in [2.75, 3.05) is 6.61 Å². The van der Waals surface area contributed by atoms with Crippen molar-refractivity contribution in [1.29, 1.82) is 0 Å². The Kier molecular flexibility index (Phi) is 12.8. The zero-order valence-corrected chi connectivity index (χ0v) is 27.0. The molecule has 0 aliphatic carbocycles. The molecule has 1 aliphatic heterocycles. The first-order chi connectivity index (χ1) is 21.2. The predicted molar refractivity (Wildman–Crippen MR) is 162 cm³/mol. The standard InChI is InChI=1S/C31H40N2O11S/c1-16(2)26-23(14-22-12-10-21(11-13-22)8-7-9-25(38)39)30(33-32-26)44-31-29(43-20(6)37)28(42-19(5)36)27(41-18(4)35)24(45-31)15-40-17(3)34/h10-13,16,24,27-29,31H,7-9,14-15H2,1-6H3,(H,32,33)(H,38,39)/t24-,27-,28+,29-,31-/m1/s1. The highest BCUT2D eigenvalue weighted by Gasteiger charge is 2.53. The zero-order valence-electron chi connectivity index (χ0n) is 26.2. The number of hydrogen-bond acceptors (Lipinski definition) is 12. The van der Waals surface area contributed by atoms with E-state index in [1.54, 1.807) is 0 Å². The quantitative estimate of drug-likeness (QED) is 0.224. The van der Waals surface area contributed by atoms with Crippen LogP contribution in [0.25, 0.3) is 0 Å². The van der Waals surface area contributed by atoms with Crippen molar-refractivity contribution in [1.82, 2.24) is 10.2 Å². The zero-order chi connectivity index (χ0) is 33.3. The number of carbonyl (C=O) groups is 5. The van der Waals surface area contributed by atoms with E-state index in [1.807, 2.05) is 38.1 Å². The van der Waals surface area contributed by atoms with E-state index in [-0.39, 0.29) is 24.8 Å². The SMILES string of the molecule is CC(=O)OC[C@H]1S[C@@H](Oc2n[nH]c(C(C)C)c2Cc2ccc(CCCC(=O)O)cc2)[C@H](OC(C)=O)[C@@H](OC(C)=O)[C@@H]1OC(C)=O. The number of carboxylic acid groups (broad SMARTS) is 1. The number of esters is 4. The number of aliphatic carboxylic acids is 1. The van der Waals surface area contributed by atoms with Gasteiger partial charge in [0.2, 0.25) is 5.88 Å². The number of rotatable bonds is 14. The molecule has 0 unspecified atom stereocenters. The fourth-order valence-corrected chi connectivity index (χ4v) is 6.34. The summed E-state index contributed by atoms with van der Waals surface area (Å²) < 4.78 is 28.3. The molecule has 2 aromatic rings. The summed E-state index contributed by atoms with van der Waals surface area (Å²) in [6.45, 7) is 8.59. The van der Waals surface area contributed by atoms with Crippen LogP contribution in [0.5, 0.6) is 5.88 Å². The lowest BCUT2D eigenvalue weighted by Crippen LogP contribution is -2.59. The minimum absolute atomic E-state index is 0.0438. The fraction of sp³-hybridized carbons (Fsp3) is 0.548. The van der Waals surface area contributed by atoms with Crippen molar-refractivity contribution < 1.29 is 52.8 Å². The Balaban J connectivity index is 1.97. The van der Waals surface area contributed by atoms with Crippen LogP contribution in [0.3, 0.4) is 0 Å². The number of ether oxygens (including phenoxy) is 5. The molecule has 1 aromatic carbocycles. The fourth-order valence-electron chi connectivity index (χ4n) is 4.97. The number of carboxylic acids is 1. The molecule has 14 heteroatoms. The van der Waals surface area contributed by atoms with Gasteiger partial charge in [-0.15, -0.1) is 16.9 Å². The van der Waals surface area contributed by atoms with Gasteiger partial charge >= 0.3 is 29.8 Å². The molecule has 0 spiro atoms. The van der Waals surface area contributed by atoms with Gasteiger partial charge in [-0.05, 0) is 29.9 Å². The highest BCUT2D eigenvalue weighted by atomic mass is 32.2. The van der Waals surface area contributed by atoms with Gasteiger partial charge in [0.05, 0.1) is 5.25 Å². The van der Waals surface area contributed by atoms with Crippen LogP contribution in [0.4, 0.5) is 0 Å². The van der Waals surface area contributed by atoms with E-state index in [1.165, 1.54) is 27.7 Å². The molecule has 246 valence electrons. The molecule has 0 amide bonds. The van der Waals surface area contributed by atoms with Gasteiger partial charge in [0.25, 0.3) is 0 Å². The Morgan fingerprint density at radius 3 is 2.00 bits per heavy atom. The number of benzene rings is 1. The van der Waals surface area contributed by atoms with Crippen molar-refractivity contribution in [2.24, 2.45) is 0 Å². The maximum atomic E-state index is 12.2. The van der Waals surface area contributed by atoms with Gasteiger partial charge in [0, 0.05) is 51.8 Å². The van der Waals surface area contributed by atoms with Gasteiger partial charge in [-0.25, -0.2) is 0 Å². The van der Waals surface area contributed by atoms with Crippen LogP contribution in [0.15, 0.2) is 24.3 Å². The normalized spacial score (nSPS) is 21.1. The van der Waals surface area contributed by atoms with Gasteiger partial charge in [0.1, 0.15) is 6.61 Å². The second-order valence-corrected chi connectivity index (χ2v) is 12.3. The van der Waals surface area contributed by atoms with Gasteiger partial charge in [-0.3, -0.25) is 29.1 Å². The summed E-state index contributed by atoms with van der Waals surface area (Å²) in [6, 6.07) is 7.84. The van der Waals surface area contributed by atoms with Crippen LogP contribution in [0.2, 0.25) is 0 Å². The summed E-state index contributed by atoms with van der Waals surface area (Å²) >= 11 is 1.10. The van der Waals surface area contributed by atoms with Crippen LogP contribution >= 0.6 is 11.8 Å². The number of thioether (sulfide) groups is 1. The number of hydrogen-bond donors (Lipinski definition) is 2. The molecule has 1 aromatic heterocycles. The Morgan fingerprint density at radius 1 is 0.867 bits per heavy atom. The van der Waals surface area contributed by atoms with Crippen molar-refractivity contribution in [2.45, 2.75) is 102 Å². The molecule has 13 nitrogen and oxygen atoms in total. The molecule has 1 saturated heterocycles. The van der Waals surface area contributed by atoms with Crippen LogP contribution in [-0.4, -0.2) is 80.8 Å². The molecule has 0 bridgehead atoms. The van der Waals surface area contributed by atoms with Crippen LogP contribution < -0.4 is 4.74 Å². The molecule has 0 saturated carbocycles. The first-order valence-electron chi connectivity index (χ1n) is 14.6. The van der Waals surface area contributed by atoms with E-state index in [4.69, 9.17) is 28.8 Å². The molecular weight excluding hydrogens is 608 g/mol. The highest BCUT2D eigenvalue weighted by molar-refractivity contribution is 8.00. The molecule has 0 radical (unpaired) electrons. The third-order valence-corrected chi connectivity index (χ3v) is 8.26. The second kappa shape index (κ2) is 16.3. The van der Waals surface area contributed by atoms with Crippen molar-refractivity contribution in [3.8, 4) is 5.88 Å². The van der Waals surface area contributed by atoms with Crippen LogP contribution in [0, 0.1) is 0 Å². The van der Waals surface area contributed by atoms with E-state index in [0.29, 0.717) is 19.3 Å². The molecular formula is C31H40N2O11S. The van der Waals surface area contributed by atoms with E-state index >= 15 is 0 Å². The lowest BCUT2D eigenvalue weighted by Gasteiger charge is -2.43. The molecule has 45 heavy (non-hydrogen) atoms. The Bertz CT molecular complexity index is 1360. The number of nitrogens with zero attached hydrogens (tertiary/aromatic N) is 1. The van der Waals surface area contributed by atoms with Crippen LogP contribution in [0.1, 0.15) is 82.7 Å². The number of aryl methyl sites for hydroxylation is 1. The first kappa shape index (κ1) is 35.4. The topological polar surface area (TPSA) is 180 Å². The lowest BCUT2D eigenvalue weighted by molar-refractivity contribution is -0.190. The van der Waals surface area contributed by atoms with Gasteiger partial charge in [-0.2, -0.15) is 0 Å². The molecule has 3 rings (SSSR count). The Hall–Kier alpha value is -4.07. The Morgan fingerprint density at radius 2 is 1.44 bits per heavy atom. The lowest BCUT2D eigenvalue weighted by atomic mass is 9.98. The molecule has 2 N–H and O–H groups in total. The molecule has 1 fully saturated rings. The average molecular weight is 649 g/mol. The van der Waals surface area contributed by atoms with E-state index < -0.39 is 58.8 Å². The molecule has 1 aliphatic rings. The van der Waals surface area contributed by atoms with Gasteiger partial charge in [0.15, 0.2) is 23.7 Å². The largest absolute Gasteiger partial charge is 0.481 e. The van der Waals surface area contributed by atoms with Crippen molar-refractivity contribution in [3.05, 3.63) is 46.6 Å². The minimum atomic E-state index is -1.28. The highest BCUT2D eigenvalue weighted by Crippen LogP contribution is 2.40. The second-order valence-electron chi connectivity index (χ2n) is 11.0. The van der Waals surface area contributed by atoms with Gasteiger partial charge < -0.3 is 28.8 Å². The summed E-state index contributed by atoms with van der Waals surface area (Å²) in [6.07, 6.45) is -1.89. The van der Waals surface area contributed by atoms with Gasteiger partial charge in [-0.1, -0.05) is 38.1 Å². The summed E-state index contributed by atoms with van der Waals surface area (Å²) in [4.78, 5) is 59.0. The van der Waals surface area contributed by atoms with E-state index in [2.05, 4.69) is 10.2 Å². The first-order valence-corrected chi connectivity index (χ1v) is 15.5. The summed E-state index contributed by atoms with van der Waals surface area (Å²) in [5.41, 5.74) is 2.55. The summed E-state index contributed by atoms with van der Waals surface area (Å²) in [7, 11) is 0. The number of H-pyrrole nitrogens is 1. The average Bonchev–Trinajstić information content (AvgIpc) is 3.33. The van der Waals surface area contributed by atoms with Crippen molar-refractivity contribution in [3.63, 3.8) is 0 Å². The molecule has 5 atom stereocenters. The minimum Gasteiger partial charge on any atom is -0.481 e. The number of carbonyl (C=O) groups excluding carboxylic acids is 4. The van der Waals surface area contributed by atoms with E-state index in [0.717, 1.165) is 34.1 Å². The number of nitrogens with one attached hydrogen (secondary N) is 1. The third kappa shape index (κ3) is 10.5. The maximum Gasteiger partial charge on any atom is 0.303 e. The summed E-state index contributed by atoms with van der Waals surface area (Å²) in [5, 5.41) is 15.6. The number of aromatic nitrogens is 2. The molecule has 2 heterocycles. The maximum absolute atomic E-state index is 12.2. The third-order valence-electron chi connectivity index (χ3n) is 6.87. The van der Waals surface area contributed by atoms with E-state index in [9.17, 15) is 24.0 Å². The summed E-state index contributed by atoms with van der Waals surface area (Å²) in [5.74, 6) is -3.17. The number of aromatic amines is 1. The monoisotopic (exact) mass is 648 g/mol. The Labute approximate surface area is 265 Å². The van der Waals surface area contributed by atoms with Crippen molar-refractivity contribution >= 4 is 41.6 Å². The smallest absolute Gasteiger partial charge is 0.303 e.